The highest BCUT2D eigenvalue weighted by atomic mass is 35.5. The molecule has 1 aromatic heterocycles. The van der Waals surface area contributed by atoms with Crippen molar-refractivity contribution in [2.24, 2.45) is 0 Å². The van der Waals surface area contributed by atoms with Crippen LogP contribution in [0.5, 0.6) is 0 Å². The van der Waals surface area contributed by atoms with E-state index >= 15 is 0 Å². The van der Waals surface area contributed by atoms with Crippen LogP contribution < -0.4 is 5.32 Å². The standard InChI is InChI=1S/C18H23N3O4S.ClH/c1-15-4-6-16(7-5-15)26(23,24)21-12-10-20(11-13-21)9-8-19-18(22)17-3-2-14-25-17;/h2-7,14H,8-13H2,1H3,(H,19,22);1H. The number of nitrogens with one attached hydrogen (secondary N) is 1. The Hall–Kier alpha value is -1.87. The van der Waals surface area contributed by atoms with Crippen LogP contribution in [0.1, 0.15) is 16.1 Å². The molecule has 7 nitrogen and oxygen atoms in total. The van der Waals surface area contributed by atoms with Gasteiger partial charge in [-0.1, -0.05) is 17.7 Å². The maximum absolute atomic E-state index is 12.7. The third kappa shape index (κ3) is 5.32. The molecule has 2 heterocycles. The van der Waals surface area contributed by atoms with Gasteiger partial charge in [-0.05, 0) is 31.2 Å². The van der Waals surface area contributed by atoms with E-state index in [1.807, 2.05) is 19.1 Å². The van der Waals surface area contributed by atoms with E-state index in [1.165, 1.54) is 10.6 Å². The van der Waals surface area contributed by atoms with Gasteiger partial charge < -0.3 is 9.73 Å². The second-order valence-electron chi connectivity index (χ2n) is 6.29. The fourth-order valence-electron chi connectivity index (χ4n) is 2.88. The van der Waals surface area contributed by atoms with E-state index in [0.29, 0.717) is 49.9 Å². The van der Waals surface area contributed by atoms with Gasteiger partial charge in [-0.2, -0.15) is 4.31 Å². The van der Waals surface area contributed by atoms with E-state index in [-0.39, 0.29) is 18.3 Å². The van der Waals surface area contributed by atoms with Crippen molar-refractivity contribution in [1.82, 2.24) is 14.5 Å². The van der Waals surface area contributed by atoms with Gasteiger partial charge in [0.05, 0.1) is 11.2 Å². The first-order valence-corrected chi connectivity index (χ1v) is 10.0. The van der Waals surface area contributed by atoms with Gasteiger partial charge in [0, 0.05) is 39.3 Å². The van der Waals surface area contributed by atoms with E-state index in [4.69, 9.17) is 4.42 Å². The molecule has 148 valence electrons. The molecule has 3 rings (SSSR count). The molecule has 1 aliphatic heterocycles. The summed E-state index contributed by atoms with van der Waals surface area (Å²) in [6.07, 6.45) is 1.46. The number of rotatable bonds is 6. The van der Waals surface area contributed by atoms with E-state index in [9.17, 15) is 13.2 Å². The minimum atomic E-state index is -3.44. The lowest BCUT2D eigenvalue weighted by molar-refractivity contribution is 0.0917. The van der Waals surface area contributed by atoms with Crippen LogP contribution in [-0.4, -0.2) is 62.8 Å². The molecule has 1 N–H and O–H groups in total. The number of amides is 1. The molecule has 9 heteroatoms. The molecular formula is C18H24ClN3O4S. The minimum Gasteiger partial charge on any atom is -0.459 e. The minimum absolute atomic E-state index is 0. The zero-order valence-corrected chi connectivity index (χ0v) is 16.8. The number of piperazine rings is 1. The van der Waals surface area contributed by atoms with Crippen molar-refractivity contribution in [1.29, 1.82) is 0 Å². The topological polar surface area (TPSA) is 82.9 Å². The Balaban J connectivity index is 0.00000261. The number of carbonyl (C=O) groups excluding carboxylic acids is 1. The average molecular weight is 414 g/mol. The number of sulfonamides is 1. The number of halogens is 1. The van der Waals surface area contributed by atoms with Gasteiger partial charge in [0.15, 0.2) is 5.76 Å². The summed E-state index contributed by atoms with van der Waals surface area (Å²) in [5.41, 5.74) is 1.03. The van der Waals surface area contributed by atoms with Gasteiger partial charge in [0.25, 0.3) is 5.91 Å². The number of furan rings is 1. The maximum Gasteiger partial charge on any atom is 0.287 e. The van der Waals surface area contributed by atoms with Crippen LogP contribution in [0, 0.1) is 6.92 Å². The van der Waals surface area contributed by atoms with Gasteiger partial charge in [-0.3, -0.25) is 9.69 Å². The molecule has 0 unspecified atom stereocenters. The molecule has 2 aromatic rings. The Kier molecular flexibility index (Phi) is 7.43. The van der Waals surface area contributed by atoms with Crippen molar-refractivity contribution in [2.75, 3.05) is 39.3 Å². The molecular weight excluding hydrogens is 390 g/mol. The van der Waals surface area contributed by atoms with E-state index in [1.54, 1.807) is 24.3 Å². The molecule has 1 amide bonds. The Bertz CT molecular complexity index is 830. The highest BCUT2D eigenvalue weighted by Crippen LogP contribution is 2.18. The largest absolute Gasteiger partial charge is 0.459 e. The molecule has 0 bridgehead atoms. The molecule has 1 saturated heterocycles. The third-order valence-electron chi connectivity index (χ3n) is 4.45. The molecule has 0 saturated carbocycles. The number of aryl methyl sites for hydroxylation is 1. The van der Waals surface area contributed by atoms with Crippen LogP contribution in [0.25, 0.3) is 0 Å². The fraction of sp³-hybridized carbons (Fsp3) is 0.389. The number of benzene rings is 1. The molecule has 0 aliphatic carbocycles. The molecule has 1 fully saturated rings. The molecule has 1 aliphatic rings. The van der Waals surface area contributed by atoms with Crippen LogP contribution in [0.4, 0.5) is 0 Å². The van der Waals surface area contributed by atoms with Gasteiger partial charge in [-0.15, -0.1) is 12.4 Å². The maximum atomic E-state index is 12.7. The van der Waals surface area contributed by atoms with Crippen molar-refractivity contribution in [3.05, 3.63) is 54.0 Å². The number of nitrogens with zero attached hydrogens (tertiary/aromatic N) is 2. The van der Waals surface area contributed by atoms with E-state index in [2.05, 4.69) is 10.2 Å². The smallest absolute Gasteiger partial charge is 0.287 e. The van der Waals surface area contributed by atoms with Gasteiger partial charge in [0.2, 0.25) is 10.0 Å². The summed E-state index contributed by atoms with van der Waals surface area (Å²) in [7, 11) is -3.44. The van der Waals surface area contributed by atoms with Crippen molar-refractivity contribution in [3.8, 4) is 0 Å². The van der Waals surface area contributed by atoms with Crippen LogP contribution in [0.2, 0.25) is 0 Å². The first-order valence-electron chi connectivity index (χ1n) is 8.58. The third-order valence-corrected chi connectivity index (χ3v) is 6.36. The zero-order valence-electron chi connectivity index (χ0n) is 15.1. The first-order chi connectivity index (χ1) is 12.5. The molecule has 27 heavy (non-hydrogen) atoms. The van der Waals surface area contributed by atoms with Gasteiger partial charge >= 0.3 is 0 Å². The Morgan fingerprint density at radius 2 is 1.78 bits per heavy atom. The molecule has 1 aromatic carbocycles. The molecule has 0 radical (unpaired) electrons. The van der Waals surface area contributed by atoms with E-state index < -0.39 is 10.0 Å². The Labute approximate surface area is 165 Å². The SMILES string of the molecule is Cc1ccc(S(=O)(=O)N2CCN(CCNC(=O)c3ccco3)CC2)cc1.Cl. The predicted octanol–water partition coefficient (Wildman–Crippen LogP) is 1.75. The quantitative estimate of drug-likeness (QED) is 0.780. The predicted molar refractivity (Wildman–Crippen MR) is 105 cm³/mol. The summed E-state index contributed by atoms with van der Waals surface area (Å²) < 4.78 is 31.9. The van der Waals surface area contributed by atoms with Crippen LogP contribution in [-0.2, 0) is 10.0 Å². The summed E-state index contributed by atoms with van der Waals surface area (Å²) in [5, 5.41) is 2.80. The highest BCUT2D eigenvalue weighted by Gasteiger charge is 2.28. The van der Waals surface area contributed by atoms with Crippen molar-refractivity contribution >= 4 is 28.3 Å². The summed E-state index contributed by atoms with van der Waals surface area (Å²) in [6.45, 7) is 5.27. The number of hydrogen-bond donors (Lipinski definition) is 1. The first kappa shape index (κ1) is 21.4. The summed E-state index contributed by atoms with van der Waals surface area (Å²) >= 11 is 0. The van der Waals surface area contributed by atoms with Crippen molar-refractivity contribution < 1.29 is 17.6 Å². The van der Waals surface area contributed by atoms with Gasteiger partial charge in [0.1, 0.15) is 0 Å². The monoisotopic (exact) mass is 413 g/mol. The van der Waals surface area contributed by atoms with Crippen LogP contribution in [0.3, 0.4) is 0 Å². The van der Waals surface area contributed by atoms with Crippen LogP contribution in [0.15, 0.2) is 52.0 Å². The Morgan fingerprint density at radius 1 is 1.11 bits per heavy atom. The van der Waals surface area contributed by atoms with Crippen molar-refractivity contribution in [2.45, 2.75) is 11.8 Å². The summed E-state index contributed by atoms with van der Waals surface area (Å²) in [6, 6.07) is 10.2. The number of hydrogen-bond acceptors (Lipinski definition) is 5. The second-order valence-corrected chi connectivity index (χ2v) is 8.23. The zero-order chi connectivity index (χ0) is 18.6. The normalized spacial score (nSPS) is 15.9. The summed E-state index contributed by atoms with van der Waals surface area (Å²) in [4.78, 5) is 14.3. The molecule has 0 atom stereocenters. The number of carbonyl (C=O) groups is 1. The van der Waals surface area contributed by atoms with Crippen molar-refractivity contribution in [3.63, 3.8) is 0 Å². The molecule has 0 spiro atoms. The second kappa shape index (κ2) is 9.36. The lowest BCUT2D eigenvalue weighted by Crippen LogP contribution is -2.50. The average Bonchev–Trinajstić information content (AvgIpc) is 3.17. The fourth-order valence-corrected chi connectivity index (χ4v) is 4.30. The lowest BCUT2D eigenvalue weighted by Gasteiger charge is -2.33. The highest BCUT2D eigenvalue weighted by molar-refractivity contribution is 7.89. The Morgan fingerprint density at radius 3 is 2.37 bits per heavy atom. The van der Waals surface area contributed by atoms with Gasteiger partial charge in [-0.25, -0.2) is 8.42 Å². The van der Waals surface area contributed by atoms with E-state index in [0.717, 1.165) is 5.56 Å². The van der Waals surface area contributed by atoms with Crippen LogP contribution >= 0.6 is 12.4 Å². The summed E-state index contributed by atoms with van der Waals surface area (Å²) in [5.74, 6) is 0.0506. The lowest BCUT2D eigenvalue weighted by atomic mass is 10.2.